The Kier molecular flexibility index (Phi) is 3.92. The maximum atomic E-state index is 5.28. The van der Waals surface area contributed by atoms with Crippen molar-refractivity contribution in [3.63, 3.8) is 0 Å². The summed E-state index contributed by atoms with van der Waals surface area (Å²) >= 11 is 0. The molecule has 0 heterocycles. The maximum Gasteiger partial charge on any atom is 0.0724 e. The fourth-order valence-electron chi connectivity index (χ4n) is 1.29. The van der Waals surface area contributed by atoms with Crippen LogP contribution in [0.1, 0.15) is 25.5 Å². The van der Waals surface area contributed by atoms with Crippen LogP contribution in [-0.4, -0.2) is 5.71 Å². The molecule has 0 saturated heterocycles. The molecule has 1 aromatic rings. The van der Waals surface area contributed by atoms with Crippen molar-refractivity contribution in [2.24, 2.45) is 10.7 Å². The minimum atomic E-state index is 0.187. The third kappa shape index (κ3) is 3.05. The Balaban J connectivity index is 2.77. The second kappa shape index (κ2) is 5.22. The molecule has 1 rings (SSSR count). The lowest BCUT2D eigenvalue weighted by molar-refractivity contribution is 0.820. The Labute approximate surface area is 85.2 Å². The number of aliphatic imine (C=N–C) groups is 1. The second-order valence-electron chi connectivity index (χ2n) is 3.22. The predicted octanol–water partition coefficient (Wildman–Crippen LogP) is 2.68. The SMILES string of the molecule is CC(C=CN)=NC(C)c1ccccc1. The Morgan fingerprint density at radius 1 is 1.36 bits per heavy atom. The Hall–Kier alpha value is -1.57. The molecule has 2 heteroatoms. The van der Waals surface area contributed by atoms with Crippen molar-refractivity contribution in [1.29, 1.82) is 0 Å². The first-order chi connectivity index (χ1) is 6.74. The summed E-state index contributed by atoms with van der Waals surface area (Å²) in [5.74, 6) is 0. The first-order valence-electron chi connectivity index (χ1n) is 4.71. The number of hydrogen-bond donors (Lipinski definition) is 1. The summed E-state index contributed by atoms with van der Waals surface area (Å²) < 4.78 is 0. The lowest BCUT2D eigenvalue weighted by atomic mass is 10.1. The van der Waals surface area contributed by atoms with Gasteiger partial charge in [-0.3, -0.25) is 4.99 Å². The van der Waals surface area contributed by atoms with Gasteiger partial charge in [0.15, 0.2) is 0 Å². The first kappa shape index (κ1) is 10.5. The van der Waals surface area contributed by atoms with Crippen molar-refractivity contribution in [3.05, 3.63) is 48.2 Å². The van der Waals surface area contributed by atoms with E-state index in [1.165, 1.54) is 11.8 Å². The van der Waals surface area contributed by atoms with Crippen molar-refractivity contribution in [2.45, 2.75) is 19.9 Å². The smallest absolute Gasteiger partial charge is 0.0724 e. The van der Waals surface area contributed by atoms with Crippen LogP contribution in [0.4, 0.5) is 0 Å². The van der Waals surface area contributed by atoms with E-state index in [1.807, 2.05) is 25.1 Å². The van der Waals surface area contributed by atoms with Gasteiger partial charge in [-0.25, -0.2) is 0 Å². The highest BCUT2D eigenvalue weighted by atomic mass is 14.8. The molecule has 2 nitrogen and oxygen atoms in total. The molecule has 0 fully saturated rings. The lowest BCUT2D eigenvalue weighted by Gasteiger charge is -2.06. The van der Waals surface area contributed by atoms with Crippen LogP contribution >= 0.6 is 0 Å². The maximum absolute atomic E-state index is 5.28. The number of rotatable bonds is 3. The standard InChI is InChI=1S/C12H16N2/c1-10(8-9-13)14-11(2)12-6-4-3-5-7-12/h3-9,11H,13H2,1-2H3. The van der Waals surface area contributed by atoms with E-state index < -0.39 is 0 Å². The van der Waals surface area contributed by atoms with Crippen LogP contribution in [-0.2, 0) is 0 Å². The molecule has 0 saturated carbocycles. The predicted molar refractivity (Wildman–Crippen MR) is 61.3 cm³/mol. The molecule has 0 radical (unpaired) electrons. The molecule has 0 aliphatic rings. The lowest BCUT2D eigenvalue weighted by Crippen LogP contribution is -1.94. The van der Waals surface area contributed by atoms with Crippen molar-refractivity contribution < 1.29 is 0 Å². The van der Waals surface area contributed by atoms with Crippen molar-refractivity contribution in [2.75, 3.05) is 0 Å². The summed E-state index contributed by atoms with van der Waals surface area (Å²) in [6.45, 7) is 4.02. The van der Waals surface area contributed by atoms with Gasteiger partial charge in [-0.2, -0.15) is 0 Å². The molecule has 0 aliphatic heterocycles. The average molecular weight is 188 g/mol. The van der Waals surface area contributed by atoms with Gasteiger partial charge < -0.3 is 5.73 Å². The van der Waals surface area contributed by atoms with Crippen LogP contribution in [0.2, 0.25) is 0 Å². The number of nitrogens with two attached hydrogens (primary N) is 1. The van der Waals surface area contributed by atoms with Crippen molar-refractivity contribution in [3.8, 4) is 0 Å². The molecule has 2 N–H and O–H groups in total. The van der Waals surface area contributed by atoms with Crippen LogP contribution in [0.3, 0.4) is 0 Å². The molecule has 0 bridgehead atoms. The fourth-order valence-corrected chi connectivity index (χ4v) is 1.29. The molecular formula is C12H16N2. The summed E-state index contributed by atoms with van der Waals surface area (Å²) in [7, 11) is 0. The summed E-state index contributed by atoms with van der Waals surface area (Å²) in [5, 5.41) is 0. The van der Waals surface area contributed by atoms with E-state index in [-0.39, 0.29) is 6.04 Å². The molecule has 14 heavy (non-hydrogen) atoms. The molecule has 0 spiro atoms. The van der Waals surface area contributed by atoms with E-state index in [9.17, 15) is 0 Å². The van der Waals surface area contributed by atoms with Crippen molar-refractivity contribution in [1.82, 2.24) is 0 Å². The van der Waals surface area contributed by atoms with Gasteiger partial charge in [0, 0.05) is 5.71 Å². The first-order valence-corrected chi connectivity index (χ1v) is 4.71. The number of hydrogen-bond acceptors (Lipinski definition) is 2. The molecule has 0 amide bonds. The normalized spacial score (nSPS) is 14.6. The number of benzene rings is 1. The van der Waals surface area contributed by atoms with E-state index in [4.69, 9.17) is 5.73 Å². The highest BCUT2D eigenvalue weighted by molar-refractivity contribution is 5.92. The van der Waals surface area contributed by atoms with Gasteiger partial charge in [0.1, 0.15) is 0 Å². The van der Waals surface area contributed by atoms with E-state index >= 15 is 0 Å². The number of allylic oxidation sites excluding steroid dienone is 1. The van der Waals surface area contributed by atoms with Gasteiger partial charge in [-0.1, -0.05) is 30.3 Å². The molecule has 1 atom stereocenters. The zero-order valence-corrected chi connectivity index (χ0v) is 8.64. The fraction of sp³-hybridized carbons (Fsp3) is 0.250. The van der Waals surface area contributed by atoms with Crippen LogP contribution < -0.4 is 5.73 Å². The highest BCUT2D eigenvalue weighted by Crippen LogP contribution is 2.15. The molecular weight excluding hydrogens is 172 g/mol. The third-order valence-corrected chi connectivity index (χ3v) is 2.02. The zero-order chi connectivity index (χ0) is 10.4. The molecule has 1 aromatic carbocycles. The van der Waals surface area contributed by atoms with Crippen LogP contribution in [0.25, 0.3) is 0 Å². The third-order valence-electron chi connectivity index (χ3n) is 2.02. The Morgan fingerprint density at radius 3 is 2.57 bits per heavy atom. The molecule has 74 valence electrons. The zero-order valence-electron chi connectivity index (χ0n) is 8.64. The van der Waals surface area contributed by atoms with Gasteiger partial charge in [0.2, 0.25) is 0 Å². The van der Waals surface area contributed by atoms with Crippen LogP contribution in [0.5, 0.6) is 0 Å². The number of nitrogens with zero attached hydrogens (tertiary/aromatic N) is 1. The van der Waals surface area contributed by atoms with Gasteiger partial charge in [-0.15, -0.1) is 0 Å². The minimum absolute atomic E-state index is 0.187. The molecule has 1 unspecified atom stereocenters. The largest absolute Gasteiger partial charge is 0.405 e. The summed E-state index contributed by atoms with van der Waals surface area (Å²) in [4.78, 5) is 4.49. The van der Waals surface area contributed by atoms with Gasteiger partial charge in [0.25, 0.3) is 0 Å². The van der Waals surface area contributed by atoms with Gasteiger partial charge in [-0.05, 0) is 31.7 Å². The Bertz CT molecular complexity index is 325. The van der Waals surface area contributed by atoms with E-state index in [1.54, 1.807) is 6.08 Å². The van der Waals surface area contributed by atoms with Gasteiger partial charge >= 0.3 is 0 Å². The summed E-state index contributed by atoms with van der Waals surface area (Å²) in [6.07, 6.45) is 3.32. The molecule has 0 aromatic heterocycles. The van der Waals surface area contributed by atoms with Gasteiger partial charge in [0.05, 0.1) is 6.04 Å². The van der Waals surface area contributed by atoms with Crippen LogP contribution in [0.15, 0.2) is 47.6 Å². The molecule has 0 aliphatic carbocycles. The van der Waals surface area contributed by atoms with E-state index in [0.29, 0.717) is 0 Å². The monoisotopic (exact) mass is 188 g/mol. The minimum Gasteiger partial charge on any atom is -0.405 e. The summed E-state index contributed by atoms with van der Waals surface area (Å²) in [5.41, 5.74) is 7.45. The van der Waals surface area contributed by atoms with E-state index in [2.05, 4.69) is 24.0 Å². The highest BCUT2D eigenvalue weighted by Gasteiger charge is 2.00. The second-order valence-corrected chi connectivity index (χ2v) is 3.22. The summed E-state index contributed by atoms with van der Waals surface area (Å²) in [6, 6.07) is 10.4. The van der Waals surface area contributed by atoms with Crippen molar-refractivity contribution >= 4 is 5.71 Å². The topological polar surface area (TPSA) is 38.4 Å². The van der Waals surface area contributed by atoms with E-state index in [0.717, 1.165) is 5.71 Å². The average Bonchev–Trinajstić information content (AvgIpc) is 2.19. The van der Waals surface area contributed by atoms with Crippen LogP contribution in [0, 0.1) is 0 Å². The quantitative estimate of drug-likeness (QED) is 0.728. The Morgan fingerprint density at radius 2 is 2.00 bits per heavy atom.